The molecular weight excluding hydrogens is 566 g/mol. The van der Waals surface area contributed by atoms with Crippen molar-refractivity contribution >= 4 is 22.1 Å². The van der Waals surface area contributed by atoms with Gasteiger partial charge in [-0.05, 0) is 72.9 Å². The van der Waals surface area contributed by atoms with Crippen LogP contribution in [0.1, 0.15) is 49.8 Å². The summed E-state index contributed by atoms with van der Waals surface area (Å²) in [6, 6.07) is 29.3. The van der Waals surface area contributed by atoms with Crippen molar-refractivity contribution < 1.29 is 31.7 Å². The molecular formula is C34H33NO7S. The topological polar surface area (TPSA) is 122 Å². The predicted molar refractivity (Wildman–Crippen MR) is 162 cm³/mol. The molecule has 9 heteroatoms. The summed E-state index contributed by atoms with van der Waals surface area (Å²) in [6.45, 7) is 5.16. The highest BCUT2D eigenvalue weighted by Crippen LogP contribution is 2.44. The summed E-state index contributed by atoms with van der Waals surface area (Å²) >= 11 is 0. The van der Waals surface area contributed by atoms with Gasteiger partial charge in [-0.3, -0.25) is 4.79 Å². The molecule has 4 aromatic rings. The Morgan fingerprint density at radius 3 is 1.86 bits per heavy atom. The van der Waals surface area contributed by atoms with E-state index >= 15 is 0 Å². The van der Waals surface area contributed by atoms with E-state index in [1.807, 2.05) is 48.5 Å². The molecule has 1 atom stereocenters. The van der Waals surface area contributed by atoms with Crippen molar-refractivity contribution in [2.75, 3.05) is 6.61 Å². The highest BCUT2D eigenvalue weighted by molar-refractivity contribution is 7.87. The average molecular weight is 600 g/mol. The second-order valence-electron chi connectivity index (χ2n) is 11.4. The van der Waals surface area contributed by atoms with Crippen LogP contribution >= 0.6 is 0 Å². The molecule has 1 aliphatic carbocycles. The number of fused-ring (bicyclic) bond motifs is 3. The van der Waals surface area contributed by atoms with E-state index in [9.17, 15) is 18.0 Å². The fourth-order valence-corrected chi connectivity index (χ4v) is 6.15. The van der Waals surface area contributed by atoms with Crippen LogP contribution in [0.25, 0.3) is 11.1 Å². The fourth-order valence-electron chi connectivity index (χ4n) is 5.19. The van der Waals surface area contributed by atoms with Crippen molar-refractivity contribution in [1.82, 2.24) is 0 Å². The van der Waals surface area contributed by atoms with Crippen molar-refractivity contribution in [3.05, 3.63) is 120 Å². The number of benzene rings is 4. The number of nitrogens with two attached hydrogens (primary N) is 1. The molecule has 0 saturated carbocycles. The third-order valence-electron chi connectivity index (χ3n) is 7.16. The Bertz CT molecular complexity index is 1700. The van der Waals surface area contributed by atoms with Crippen LogP contribution in [0.15, 0.2) is 108 Å². The molecule has 1 unspecified atom stereocenters. The van der Waals surface area contributed by atoms with Crippen LogP contribution < -0.4 is 9.92 Å². The molecule has 0 aliphatic heterocycles. The minimum Gasteiger partial charge on any atom is -0.463 e. The average Bonchev–Trinajstić information content (AvgIpc) is 3.29. The second kappa shape index (κ2) is 11.7. The maximum absolute atomic E-state index is 13.8. The maximum atomic E-state index is 13.8. The number of hydrogen-bond acceptors (Lipinski definition) is 8. The molecule has 0 aromatic heterocycles. The Morgan fingerprint density at radius 1 is 0.767 bits per heavy atom. The van der Waals surface area contributed by atoms with Gasteiger partial charge in [0.2, 0.25) is 0 Å². The molecule has 0 amide bonds. The molecule has 0 saturated heterocycles. The van der Waals surface area contributed by atoms with Gasteiger partial charge in [0, 0.05) is 5.92 Å². The summed E-state index contributed by atoms with van der Waals surface area (Å²) in [5, 5.41) is 0. The van der Waals surface area contributed by atoms with Crippen LogP contribution in [0.4, 0.5) is 0 Å². The highest BCUT2D eigenvalue weighted by Gasteiger charge is 2.42. The minimum absolute atomic E-state index is 0.00388. The van der Waals surface area contributed by atoms with Crippen molar-refractivity contribution in [2.24, 2.45) is 5.73 Å². The lowest BCUT2D eigenvalue weighted by molar-refractivity contribution is -0.163. The number of rotatable bonds is 9. The summed E-state index contributed by atoms with van der Waals surface area (Å²) in [4.78, 5) is 26.7. The first-order chi connectivity index (χ1) is 20.4. The molecule has 5 rings (SSSR count). The van der Waals surface area contributed by atoms with Crippen LogP contribution in [0.2, 0.25) is 0 Å². The van der Waals surface area contributed by atoms with Crippen LogP contribution in [0.5, 0.6) is 5.75 Å². The Hall–Kier alpha value is -4.47. The predicted octanol–water partition coefficient (Wildman–Crippen LogP) is 5.70. The van der Waals surface area contributed by atoms with Gasteiger partial charge >= 0.3 is 22.1 Å². The number of ether oxygens (including phenoxy) is 2. The standard InChI is InChI=1S/C34H33NO7S/c1-33(2,3)41-31(36)21-34(35,23-17-19-24(20-18-23)42-43(38,39)25-11-5-4-6-12-25)32(37)40-22-30-28-15-9-7-13-26(28)27-14-8-10-16-29(27)30/h4-20,30H,21-22,35H2,1-3H3. The monoisotopic (exact) mass is 599 g/mol. The van der Waals surface area contributed by atoms with Crippen molar-refractivity contribution in [3.63, 3.8) is 0 Å². The first kappa shape index (κ1) is 30.0. The molecule has 43 heavy (non-hydrogen) atoms. The van der Waals surface area contributed by atoms with E-state index in [4.69, 9.17) is 19.4 Å². The Kier molecular flexibility index (Phi) is 8.14. The lowest BCUT2D eigenvalue weighted by Gasteiger charge is -2.29. The third kappa shape index (κ3) is 6.48. The van der Waals surface area contributed by atoms with Gasteiger partial charge in [-0.2, -0.15) is 8.42 Å². The van der Waals surface area contributed by atoms with Crippen LogP contribution in [-0.2, 0) is 34.7 Å². The molecule has 8 nitrogen and oxygen atoms in total. The normalized spacial score (nSPS) is 14.2. The SMILES string of the molecule is CC(C)(C)OC(=O)CC(N)(C(=O)OCC1c2ccccc2-c2ccccc21)c1ccc(OS(=O)(=O)c2ccccc2)cc1. The zero-order valence-corrected chi connectivity index (χ0v) is 25.0. The van der Waals surface area contributed by atoms with Crippen LogP contribution in [-0.4, -0.2) is 32.6 Å². The van der Waals surface area contributed by atoms with Crippen LogP contribution in [0, 0.1) is 0 Å². The maximum Gasteiger partial charge on any atom is 0.339 e. The van der Waals surface area contributed by atoms with Gasteiger partial charge in [0.15, 0.2) is 5.54 Å². The van der Waals surface area contributed by atoms with E-state index < -0.39 is 39.6 Å². The lowest BCUT2D eigenvalue weighted by Crippen LogP contribution is -2.49. The van der Waals surface area contributed by atoms with E-state index in [1.54, 1.807) is 39.0 Å². The Morgan fingerprint density at radius 2 is 1.30 bits per heavy atom. The molecule has 0 spiro atoms. The summed E-state index contributed by atoms with van der Waals surface area (Å²) in [5.41, 5.74) is 8.43. The van der Waals surface area contributed by atoms with Gasteiger partial charge in [0.05, 0.1) is 6.42 Å². The fraction of sp³-hybridized carbons (Fsp3) is 0.235. The highest BCUT2D eigenvalue weighted by atomic mass is 32.2. The Balaban J connectivity index is 1.40. The second-order valence-corrected chi connectivity index (χ2v) is 13.0. The number of carbonyl (C=O) groups is 2. The summed E-state index contributed by atoms with van der Waals surface area (Å²) in [6.07, 6.45) is -0.497. The zero-order valence-electron chi connectivity index (χ0n) is 24.1. The largest absolute Gasteiger partial charge is 0.463 e. The smallest absolute Gasteiger partial charge is 0.339 e. The number of hydrogen-bond donors (Lipinski definition) is 1. The van der Waals surface area contributed by atoms with Gasteiger partial charge < -0.3 is 19.4 Å². The zero-order chi connectivity index (χ0) is 30.8. The Labute approximate surface area is 251 Å². The van der Waals surface area contributed by atoms with Crippen molar-refractivity contribution in [1.29, 1.82) is 0 Å². The third-order valence-corrected chi connectivity index (χ3v) is 8.42. The molecule has 4 aromatic carbocycles. The number of esters is 2. The van der Waals surface area contributed by atoms with Gasteiger partial charge in [-0.1, -0.05) is 78.9 Å². The summed E-state index contributed by atoms with van der Waals surface area (Å²) in [7, 11) is -4.08. The van der Waals surface area contributed by atoms with E-state index in [2.05, 4.69) is 0 Å². The molecule has 222 valence electrons. The molecule has 0 heterocycles. The first-order valence-electron chi connectivity index (χ1n) is 13.8. The van der Waals surface area contributed by atoms with E-state index in [0.717, 1.165) is 22.3 Å². The summed E-state index contributed by atoms with van der Waals surface area (Å²) in [5.74, 6) is -1.69. The van der Waals surface area contributed by atoms with Crippen molar-refractivity contribution in [3.8, 4) is 16.9 Å². The molecule has 0 fully saturated rings. The molecule has 0 radical (unpaired) electrons. The van der Waals surface area contributed by atoms with Gasteiger partial charge in [0.25, 0.3) is 0 Å². The van der Waals surface area contributed by atoms with Crippen molar-refractivity contribution in [2.45, 2.75) is 49.1 Å². The van der Waals surface area contributed by atoms with Gasteiger partial charge in [0.1, 0.15) is 22.9 Å². The minimum atomic E-state index is -4.08. The number of carbonyl (C=O) groups excluding carboxylic acids is 2. The van der Waals surface area contributed by atoms with Crippen LogP contribution in [0.3, 0.4) is 0 Å². The van der Waals surface area contributed by atoms with E-state index in [-0.39, 0.29) is 28.7 Å². The molecule has 1 aliphatic rings. The van der Waals surface area contributed by atoms with E-state index in [0.29, 0.717) is 0 Å². The quantitative estimate of drug-likeness (QED) is 0.192. The van der Waals surface area contributed by atoms with E-state index in [1.165, 1.54) is 36.4 Å². The first-order valence-corrected chi connectivity index (χ1v) is 15.2. The van der Waals surface area contributed by atoms with Gasteiger partial charge in [-0.15, -0.1) is 0 Å². The summed E-state index contributed by atoms with van der Waals surface area (Å²) < 4.78 is 42.0. The lowest BCUT2D eigenvalue weighted by atomic mass is 9.87. The van der Waals surface area contributed by atoms with Gasteiger partial charge in [-0.25, -0.2) is 4.79 Å². The molecule has 2 N–H and O–H groups in total. The molecule has 0 bridgehead atoms.